The van der Waals surface area contributed by atoms with Gasteiger partial charge in [-0.25, -0.2) is 10.8 Å². The lowest BCUT2D eigenvalue weighted by atomic mass is 10.3. The van der Waals surface area contributed by atoms with Crippen LogP contribution in [0.15, 0.2) is 42.7 Å². The van der Waals surface area contributed by atoms with Gasteiger partial charge < -0.3 is 10.3 Å². The van der Waals surface area contributed by atoms with E-state index >= 15 is 0 Å². The van der Waals surface area contributed by atoms with Crippen LogP contribution in [0.25, 0.3) is 0 Å². The number of nitrogens with zero attached hydrogens (tertiary/aromatic N) is 3. The van der Waals surface area contributed by atoms with Crippen molar-refractivity contribution in [1.29, 1.82) is 0 Å². The first-order valence-corrected chi connectivity index (χ1v) is 5.91. The molecule has 94 valence electrons. The van der Waals surface area contributed by atoms with E-state index in [9.17, 15) is 0 Å². The minimum atomic E-state index is 0.659. The molecule has 2 rings (SSSR count). The van der Waals surface area contributed by atoms with Crippen LogP contribution in [0, 0.1) is 0 Å². The zero-order chi connectivity index (χ0) is 12.8. The molecule has 0 aliphatic heterocycles. The van der Waals surface area contributed by atoms with Gasteiger partial charge in [0, 0.05) is 30.7 Å². The molecule has 0 aromatic carbocycles. The Morgan fingerprint density at radius 3 is 2.78 bits per heavy atom. The fourth-order valence-electron chi connectivity index (χ4n) is 1.77. The van der Waals surface area contributed by atoms with Gasteiger partial charge in [-0.3, -0.25) is 4.98 Å². The Hall–Kier alpha value is -2.14. The standard InChI is InChI=1S/C13H17N5/c1-2-18(10-11-5-3-4-7-15-11)12-6-8-16-13(9-12)17-14/h3-9H,2,10,14H2,1H3,(H,16,17). The van der Waals surface area contributed by atoms with Crippen molar-refractivity contribution in [1.82, 2.24) is 9.97 Å². The van der Waals surface area contributed by atoms with Crippen LogP contribution in [-0.4, -0.2) is 16.5 Å². The number of nitrogens with two attached hydrogens (primary N) is 1. The molecule has 0 unspecified atom stereocenters. The summed E-state index contributed by atoms with van der Waals surface area (Å²) in [5, 5.41) is 0. The summed E-state index contributed by atoms with van der Waals surface area (Å²) in [6.07, 6.45) is 3.55. The molecule has 18 heavy (non-hydrogen) atoms. The number of anilines is 2. The van der Waals surface area contributed by atoms with Crippen molar-refractivity contribution in [3.8, 4) is 0 Å². The summed E-state index contributed by atoms with van der Waals surface area (Å²) in [6, 6.07) is 9.82. The van der Waals surface area contributed by atoms with Crippen molar-refractivity contribution in [3.63, 3.8) is 0 Å². The second-order valence-corrected chi connectivity index (χ2v) is 3.88. The van der Waals surface area contributed by atoms with Gasteiger partial charge in [0.2, 0.25) is 0 Å². The minimum absolute atomic E-state index is 0.659. The molecule has 0 spiro atoms. The fraction of sp³-hybridized carbons (Fsp3) is 0.231. The molecular formula is C13H17N5. The Balaban J connectivity index is 2.17. The zero-order valence-corrected chi connectivity index (χ0v) is 10.4. The van der Waals surface area contributed by atoms with Crippen LogP contribution >= 0.6 is 0 Å². The Bertz CT molecular complexity index is 486. The number of pyridine rings is 2. The lowest BCUT2D eigenvalue weighted by Crippen LogP contribution is -2.23. The lowest BCUT2D eigenvalue weighted by molar-refractivity contribution is 0.809. The summed E-state index contributed by atoms with van der Waals surface area (Å²) in [6.45, 7) is 3.77. The Labute approximate surface area is 107 Å². The molecule has 5 heteroatoms. The molecule has 2 aromatic rings. The first kappa shape index (κ1) is 12.3. The van der Waals surface area contributed by atoms with Gasteiger partial charge in [-0.05, 0) is 25.1 Å². The Morgan fingerprint density at radius 1 is 1.22 bits per heavy atom. The topological polar surface area (TPSA) is 67.1 Å². The molecular weight excluding hydrogens is 226 g/mol. The molecule has 5 nitrogen and oxygen atoms in total. The van der Waals surface area contributed by atoms with E-state index in [4.69, 9.17) is 5.84 Å². The zero-order valence-electron chi connectivity index (χ0n) is 10.4. The van der Waals surface area contributed by atoms with Gasteiger partial charge in [-0.1, -0.05) is 6.07 Å². The quantitative estimate of drug-likeness (QED) is 0.619. The molecule has 0 bridgehead atoms. The summed E-state index contributed by atoms with van der Waals surface area (Å²) < 4.78 is 0. The van der Waals surface area contributed by atoms with Crippen LogP contribution in [0.1, 0.15) is 12.6 Å². The second kappa shape index (κ2) is 5.97. The lowest BCUT2D eigenvalue weighted by Gasteiger charge is -2.22. The van der Waals surface area contributed by atoms with Crippen molar-refractivity contribution in [2.24, 2.45) is 5.84 Å². The highest BCUT2D eigenvalue weighted by atomic mass is 15.3. The van der Waals surface area contributed by atoms with Gasteiger partial charge in [0.15, 0.2) is 0 Å². The monoisotopic (exact) mass is 243 g/mol. The molecule has 0 amide bonds. The molecule has 0 aliphatic carbocycles. The molecule has 0 saturated heterocycles. The van der Waals surface area contributed by atoms with E-state index in [-0.39, 0.29) is 0 Å². The van der Waals surface area contributed by atoms with E-state index in [1.807, 2.05) is 36.5 Å². The maximum atomic E-state index is 5.37. The maximum absolute atomic E-state index is 5.37. The van der Waals surface area contributed by atoms with E-state index in [1.54, 1.807) is 6.20 Å². The summed E-state index contributed by atoms with van der Waals surface area (Å²) in [7, 11) is 0. The first-order chi connectivity index (χ1) is 8.83. The van der Waals surface area contributed by atoms with E-state index in [1.165, 1.54) is 0 Å². The van der Waals surface area contributed by atoms with Gasteiger partial charge in [-0.15, -0.1) is 0 Å². The number of nitrogen functional groups attached to an aromatic ring is 1. The molecule has 0 atom stereocenters. The summed E-state index contributed by atoms with van der Waals surface area (Å²) in [5.41, 5.74) is 4.67. The fourth-order valence-corrected chi connectivity index (χ4v) is 1.77. The second-order valence-electron chi connectivity index (χ2n) is 3.88. The molecule has 0 fully saturated rings. The maximum Gasteiger partial charge on any atom is 0.141 e. The predicted octanol–water partition coefficient (Wildman–Crippen LogP) is 1.79. The highest BCUT2D eigenvalue weighted by molar-refractivity contribution is 5.53. The molecule has 2 heterocycles. The van der Waals surface area contributed by atoms with Crippen molar-refractivity contribution < 1.29 is 0 Å². The van der Waals surface area contributed by atoms with E-state index in [0.717, 1.165) is 24.5 Å². The van der Waals surface area contributed by atoms with Crippen LogP contribution in [-0.2, 0) is 6.54 Å². The predicted molar refractivity (Wildman–Crippen MR) is 73.0 cm³/mol. The van der Waals surface area contributed by atoms with Crippen LogP contribution in [0.3, 0.4) is 0 Å². The van der Waals surface area contributed by atoms with Gasteiger partial charge in [0.1, 0.15) is 5.82 Å². The smallest absolute Gasteiger partial charge is 0.141 e. The third-order valence-corrected chi connectivity index (χ3v) is 2.72. The van der Waals surface area contributed by atoms with Crippen molar-refractivity contribution >= 4 is 11.5 Å². The third-order valence-electron chi connectivity index (χ3n) is 2.72. The number of nitrogens with one attached hydrogen (secondary N) is 1. The molecule has 0 radical (unpaired) electrons. The third kappa shape index (κ3) is 2.95. The molecule has 0 aliphatic rings. The average Bonchev–Trinajstić information content (AvgIpc) is 2.46. The van der Waals surface area contributed by atoms with Crippen LogP contribution < -0.4 is 16.2 Å². The summed E-state index contributed by atoms with van der Waals surface area (Å²) in [4.78, 5) is 10.7. The first-order valence-electron chi connectivity index (χ1n) is 5.91. The van der Waals surface area contributed by atoms with Gasteiger partial charge >= 0.3 is 0 Å². The van der Waals surface area contributed by atoms with Crippen LogP contribution in [0.2, 0.25) is 0 Å². The molecule has 0 saturated carbocycles. The van der Waals surface area contributed by atoms with E-state index in [0.29, 0.717) is 5.82 Å². The van der Waals surface area contributed by atoms with Crippen molar-refractivity contribution in [2.45, 2.75) is 13.5 Å². The van der Waals surface area contributed by atoms with Gasteiger partial charge in [-0.2, -0.15) is 0 Å². The van der Waals surface area contributed by atoms with Gasteiger partial charge in [0.25, 0.3) is 0 Å². The largest absolute Gasteiger partial charge is 0.366 e. The highest BCUT2D eigenvalue weighted by Gasteiger charge is 2.06. The Morgan fingerprint density at radius 2 is 2.11 bits per heavy atom. The van der Waals surface area contributed by atoms with Gasteiger partial charge in [0.05, 0.1) is 12.2 Å². The SMILES string of the molecule is CCN(Cc1ccccn1)c1ccnc(NN)c1. The van der Waals surface area contributed by atoms with Crippen LogP contribution in [0.5, 0.6) is 0 Å². The molecule has 3 N–H and O–H groups in total. The highest BCUT2D eigenvalue weighted by Crippen LogP contribution is 2.18. The summed E-state index contributed by atoms with van der Waals surface area (Å²) in [5.74, 6) is 6.03. The van der Waals surface area contributed by atoms with E-state index in [2.05, 4.69) is 27.2 Å². The normalized spacial score (nSPS) is 10.1. The number of hydrogen-bond donors (Lipinski definition) is 2. The van der Waals surface area contributed by atoms with Crippen LogP contribution in [0.4, 0.5) is 11.5 Å². The van der Waals surface area contributed by atoms with Crippen molar-refractivity contribution in [2.75, 3.05) is 16.9 Å². The number of aromatic nitrogens is 2. The molecule has 2 aromatic heterocycles. The van der Waals surface area contributed by atoms with E-state index < -0.39 is 0 Å². The average molecular weight is 243 g/mol. The minimum Gasteiger partial charge on any atom is -0.366 e. The van der Waals surface area contributed by atoms with Crippen molar-refractivity contribution in [3.05, 3.63) is 48.4 Å². The summed E-state index contributed by atoms with van der Waals surface area (Å²) >= 11 is 0. The number of rotatable bonds is 5. The number of hydrazine groups is 1. The number of hydrogen-bond acceptors (Lipinski definition) is 5. The Kier molecular flexibility index (Phi) is 4.09.